The number of hydrogen-bond donors (Lipinski definition) is 0. The Morgan fingerprint density at radius 1 is 2.00 bits per heavy atom. The van der Waals surface area contributed by atoms with Gasteiger partial charge in [-0.25, -0.2) is 11.6 Å². The molecule has 0 atom stereocenters. The molecule has 0 spiro atoms. The molecule has 0 aliphatic heterocycles. The summed E-state index contributed by atoms with van der Waals surface area (Å²) in [7, 11) is 0. The minimum absolute atomic E-state index is 1.72. The zero-order chi connectivity index (χ0) is 3.41. The van der Waals surface area contributed by atoms with Gasteiger partial charge in [0.15, 0.2) is 0 Å². The molecule has 0 nitrogen and oxygen atoms in total. The summed E-state index contributed by atoms with van der Waals surface area (Å²) in [5, 5.41) is 0. The first kappa shape index (κ1) is 5.14. The molecule has 0 bridgehead atoms. The highest BCUT2D eigenvalue weighted by atomic mass is 127. The Balaban J connectivity index is 1.97. The number of hydrogen-bond acceptors (Lipinski definition) is 1. The first-order valence-electron chi connectivity index (χ1n) is 0.862. The molecule has 0 N–H and O–H groups in total. The normalized spacial score (nSPS) is 6.50. The maximum absolute atomic E-state index is 2.19. The van der Waals surface area contributed by atoms with E-state index in [1.165, 1.54) is 0 Å². The van der Waals surface area contributed by atoms with Crippen LogP contribution in [0.25, 0.3) is 0 Å². The second-order valence-corrected chi connectivity index (χ2v) is 2.50. The van der Waals surface area contributed by atoms with Crippen LogP contribution in [0.1, 0.15) is 0 Å². The molecule has 0 aromatic rings. The molecule has 0 saturated carbocycles. The predicted molar refractivity (Wildman–Crippen MR) is 33.3 cm³/mol. The van der Waals surface area contributed by atoms with Crippen molar-refractivity contribution in [3.63, 3.8) is 0 Å². The van der Waals surface area contributed by atoms with Gasteiger partial charge in [0, 0.05) is 0 Å². The molecule has 1 radical (unpaired) electrons. The summed E-state index contributed by atoms with van der Waals surface area (Å²) in [5.41, 5.74) is 0. The topological polar surface area (TPSA) is 0 Å². The van der Waals surface area contributed by atoms with Crippen LogP contribution in [-0.2, 0) is 0 Å². The molecule has 0 unspecified atom stereocenters. The summed E-state index contributed by atoms with van der Waals surface area (Å²) < 4.78 is 2.01. The Labute approximate surface area is 44.7 Å². The van der Waals surface area contributed by atoms with E-state index in [9.17, 15) is 0 Å². The lowest BCUT2D eigenvalue weighted by Gasteiger charge is -1.63. The summed E-state index contributed by atoms with van der Waals surface area (Å²) in [5.74, 6) is 0. The van der Waals surface area contributed by atoms with Crippen molar-refractivity contribution in [1.29, 1.82) is 0 Å². The molecule has 0 aromatic carbocycles. The van der Waals surface area contributed by atoms with Crippen molar-refractivity contribution < 1.29 is 0 Å². The molecule has 0 rings (SSSR count). The molecule has 0 aromatic heterocycles. The maximum atomic E-state index is 2.19. The molecule has 0 amide bonds. The molecular formula is CH3BIS. The van der Waals surface area contributed by atoms with E-state index in [2.05, 4.69) is 22.4 Å². The minimum Gasteiger partial charge on any atom is -0.206 e. The summed E-state index contributed by atoms with van der Waals surface area (Å²) in [6, 6.07) is 0. The van der Waals surface area contributed by atoms with E-state index in [1.807, 2.05) is 10.7 Å². The van der Waals surface area contributed by atoms with E-state index in [-0.39, 0.29) is 0 Å². The minimum atomic E-state index is 1.72. The average molecular weight is 185 g/mol. The molecule has 0 aliphatic rings. The largest absolute Gasteiger partial charge is 0.275 e. The van der Waals surface area contributed by atoms with Gasteiger partial charge in [0.05, 0.1) is 0 Å². The van der Waals surface area contributed by atoms with Crippen LogP contribution in [0.2, 0.25) is 0 Å². The summed E-state index contributed by atoms with van der Waals surface area (Å²) >= 11 is 3.91. The number of rotatable bonds is 1. The third-order valence-electron chi connectivity index (χ3n) is 0.0891. The van der Waals surface area contributed by atoms with Crippen molar-refractivity contribution in [3.05, 3.63) is 0 Å². The van der Waals surface area contributed by atoms with Crippen LogP contribution in [0.4, 0.5) is 0 Å². The molecule has 0 aliphatic carbocycles. The van der Waals surface area contributed by atoms with Gasteiger partial charge in [-0.15, -0.1) is 22.4 Å². The van der Waals surface area contributed by atoms with Crippen LogP contribution in [-0.4, -0.2) is 10.7 Å². The lowest BCUT2D eigenvalue weighted by Crippen LogP contribution is -1.51. The van der Waals surface area contributed by atoms with E-state index in [0.717, 1.165) is 0 Å². The second kappa shape index (κ2) is 4.14. The van der Waals surface area contributed by atoms with Gasteiger partial charge in [0.2, 0.25) is 0 Å². The summed E-state index contributed by atoms with van der Waals surface area (Å²) in [6.07, 6.45) is 2.03. The van der Waals surface area contributed by atoms with Gasteiger partial charge in [-0.3, -0.25) is 0 Å². The van der Waals surface area contributed by atoms with Gasteiger partial charge in [-0.05, 0) is 6.26 Å². The predicted octanol–water partition coefficient (Wildman–Crippen LogP) is 1.32. The molecule has 3 heteroatoms. The molecule has 0 saturated heterocycles. The monoisotopic (exact) mass is 185 g/mol. The van der Waals surface area contributed by atoms with Gasteiger partial charge in [-0.2, -0.15) is 0 Å². The van der Waals surface area contributed by atoms with Gasteiger partial charge in [-0.1, -0.05) is 0 Å². The maximum Gasteiger partial charge on any atom is 0.275 e. The Hall–Kier alpha value is 1.14. The molecule has 0 fully saturated rings. The van der Waals surface area contributed by atoms with Crippen LogP contribution >= 0.6 is 34.0 Å². The van der Waals surface area contributed by atoms with Gasteiger partial charge >= 0.3 is 0 Å². The van der Waals surface area contributed by atoms with E-state index >= 15 is 0 Å². The van der Waals surface area contributed by atoms with Crippen molar-refractivity contribution in [1.82, 2.24) is 0 Å². The third kappa shape index (κ3) is 3.14. The number of halogens is 1. The standard InChI is InChI=1S/CH3BIS/c1-4-2-3/h1H3. The van der Waals surface area contributed by atoms with Crippen LogP contribution in [0.15, 0.2) is 0 Å². The molecular weight excluding hydrogens is 182 g/mol. The third-order valence-corrected chi connectivity index (χ3v) is 1.79. The lowest BCUT2D eigenvalue weighted by molar-refractivity contribution is 2.54. The molecule has 23 valence electrons. The zero-order valence-electron chi connectivity index (χ0n) is 2.36. The van der Waals surface area contributed by atoms with E-state index in [0.29, 0.717) is 0 Å². The first-order valence-corrected chi connectivity index (χ1v) is 3.40. The van der Waals surface area contributed by atoms with Crippen LogP contribution in [0, 0.1) is 0 Å². The van der Waals surface area contributed by atoms with Crippen LogP contribution < -0.4 is 0 Å². The Morgan fingerprint density at radius 3 is 2.25 bits per heavy atom. The van der Waals surface area contributed by atoms with Crippen LogP contribution in [0.3, 0.4) is 0 Å². The van der Waals surface area contributed by atoms with Gasteiger partial charge in [0.25, 0.3) is 4.41 Å². The fraction of sp³-hybridized carbons (Fsp3) is 1.00. The Bertz CT molecular complexity index is 10.0. The zero-order valence-corrected chi connectivity index (χ0v) is 5.34. The van der Waals surface area contributed by atoms with E-state index in [4.69, 9.17) is 0 Å². The lowest BCUT2D eigenvalue weighted by atomic mass is 10.8. The van der Waals surface area contributed by atoms with Crippen molar-refractivity contribution >= 4 is 38.4 Å². The summed E-state index contributed by atoms with van der Waals surface area (Å²) in [6.45, 7) is 0. The Morgan fingerprint density at radius 2 is 2.25 bits per heavy atom. The van der Waals surface area contributed by atoms with Gasteiger partial charge in [0.1, 0.15) is 0 Å². The molecule has 4 heavy (non-hydrogen) atoms. The van der Waals surface area contributed by atoms with Gasteiger partial charge < -0.3 is 0 Å². The fourth-order valence-electron chi connectivity index (χ4n) is 0. The van der Waals surface area contributed by atoms with Crippen molar-refractivity contribution in [2.75, 3.05) is 6.26 Å². The quantitative estimate of drug-likeness (QED) is 0.438. The van der Waals surface area contributed by atoms with Crippen LogP contribution in [0.5, 0.6) is 0 Å². The smallest absolute Gasteiger partial charge is 0.206 e. The SMILES string of the molecule is CS[B]I. The second-order valence-electron chi connectivity index (χ2n) is 0.325. The highest BCUT2D eigenvalue weighted by Crippen LogP contribution is 1.90. The van der Waals surface area contributed by atoms with Crippen molar-refractivity contribution in [2.45, 2.75) is 0 Å². The Kier molecular flexibility index (Phi) is 5.33. The van der Waals surface area contributed by atoms with E-state index in [1.54, 1.807) is 11.6 Å². The van der Waals surface area contributed by atoms with Crippen molar-refractivity contribution in [2.24, 2.45) is 0 Å². The highest BCUT2D eigenvalue weighted by Gasteiger charge is 1.64. The van der Waals surface area contributed by atoms with E-state index < -0.39 is 0 Å². The molecule has 0 heterocycles. The van der Waals surface area contributed by atoms with Crippen molar-refractivity contribution in [3.8, 4) is 0 Å². The summed E-state index contributed by atoms with van der Waals surface area (Å²) in [4.78, 5) is 0. The highest BCUT2D eigenvalue weighted by molar-refractivity contribution is 14.1. The average Bonchev–Trinajstić information content (AvgIpc) is 1.37. The first-order chi connectivity index (χ1) is 1.91. The fourth-order valence-corrected chi connectivity index (χ4v) is 0.